The van der Waals surface area contributed by atoms with E-state index in [0.717, 1.165) is 4.34 Å². The maximum Gasteiger partial charge on any atom is 0.343 e. The lowest BCUT2D eigenvalue weighted by Gasteiger charge is -1.93. The third kappa shape index (κ3) is 1.84. The van der Waals surface area contributed by atoms with Crippen LogP contribution < -0.4 is 5.69 Å². The van der Waals surface area contributed by atoms with Crippen LogP contribution in [0, 0.1) is 0 Å². The molecule has 0 amide bonds. The lowest BCUT2D eigenvalue weighted by atomic mass is 11.0. The Morgan fingerprint density at radius 3 is 3.00 bits per heavy atom. The molecule has 8 heteroatoms. The molecule has 0 spiro atoms. The Morgan fingerprint density at radius 2 is 2.50 bits per heavy atom. The number of nitrogens with zero attached hydrogens (tertiary/aromatic N) is 3. The maximum atomic E-state index is 11.0. The molecule has 0 atom stereocenters. The molecular formula is C6H5ClN4OS2. The third-order valence-electron chi connectivity index (χ3n) is 1.47. The van der Waals surface area contributed by atoms with Gasteiger partial charge in [0.25, 0.3) is 0 Å². The summed E-state index contributed by atoms with van der Waals surface area (Å²) in [5.41, 5.74) is -0.241. The van der Waals surface area contributed by atoms with Gasteiger partial charge in [0.2, 0.25) is 0 Å². The zero-order chi connectivity index (χ0) is 10.1. The number of H-pyrrole nitrogens is 1. The molecule has 2 aromatic heterocycles. The molecule has 0 unspecified atom stereocenters. The van der Waals surface area contributed by atoms with Crippen molar-refractivity contribution in [2.45, 2.75) is 9.50 Å². The van der Waals surface area contributed by atoms with E-state index in [-0.39, 0.29) is 5.69 Å². The van der Waals surface area contributed by atoms with E-state index < -0.39 is 0 Å². The summed E-state index contributed by atoms with van der Waals surface area (Å²) >= 11 is 8.37. The molecule has 0 aliphatic carbocycles. The van der Waals surface area contributed by atoms with Crippen molar-refractivity contribution in [1.29, 1.82) is 0 Å². The number of nitrogens with one attached hydrogen (secondary N) is 1. The van der Waals surface area contributed by atoms with E-state index in [9.17, 15) is 4.79 Å². The second-order valence-electron chi connectivity index (χ2n) is 2.41. The predicted octanol–water partition coefficient (Wildman–Crippen LogP) is 1.37. The minimum Gasteiger partial charge on any atom is -0.273 e. The molecule has 0 bridgehead atoms. The fourth-order valence-electron chi connectivity index (χ4n) is 0.788. The molecule has 0 aliphatic rings. The van der Waals surface area contributed by atoms with Crippen LogP contribution in [-0.4, -0.2) is 19.7 Å². The molecule has 0 radical (unpaired) electrons. The second kappa shape index (κ2) is 3.76. The van der Waals surface area contributed by atoms with Crippen molar-refractivity contribution in [3.63, 3.8) is 0 Å². The Morgan fingerprint density at radius 1 is 1.71 bits per heavy atom. The average molecular weight is 249 g/mol. The first-order valence-electron chi connectivity index (χ1n) is 3.57. The average Bonchev–Trinajstić information content (AvgIpc) is 2.67. The quantitative estimate of drug-likeness (QED) is 0.872. The van der Waals surface area contributed by atoms with Crippen molar-refractivity contribution in [3.8, 4) is 0 Å². The monoisotopic (exact) mass is 248 g/mol. The fourth-order valence-corrected chi connectivity index (χ4v) is 2.68. The first-order chi connectivity index (χ1) is 6.66. The van der Waals surface area contributed by atoms with E-state index in [1.54, 1.807) is 12.4 Å². The first-order valence-corrected chi connectivity index (χ1v) is 5.64. The van der Waals surface area contributed by atoms with E-state index in [1.165, 1.54) is 27.7 Å². The number of hydrogen-bond acceptors (Lipinski definition) is 5. The van der Waals surface area contributed by atoms with Crippen LogP contribution in [0.3, 0.4) is 0 Å². The van der Waals surface area contributed by atoms with Gasteiger partial charge in [0.15, 0.2) is 9.50 Å². The number of rotatable bonds is 2. The molecule has 74 valence electrons. The van der Waals surface area contributed by atoms with Gasteiger partial charge < -0.3 is 0 Å². The van der Waals surface area contributed by atoms with Crippen molar-refractivity contribution >= 4 is 34.7 Å². The molecule has 0 fully saturated rings. The maximum absolute atomic E-state index is 11.0. The van der Waals surface area contributed by atoms with Gasteiger partial charge in [-0.25, -0.2) is 14.9 Å². The van der Waals surface area contributed by atoms with Crippen LogP contribution in [0.15, 0.2) is 19.7 Å². The highest BCUT2D eigenvalue weighted by Gasteiger charge is 2.08. The summed E-state index contributed by atoms with van der Waals surface area (Å²) in [5, 5.41) is 8.93. The van der Waals surface area contributed by atoms with Gasteiger partial charge >= 0.3 is 5.69 Å². The molecule has 2 aromatic rings. The zero-order valence-corrected chi connectivity index (χ0v) is 9.41. The lowest BCUT2D eigenvalue weighted by Crippen LogP contribution is -2.12. The lowest BCUT2D eigenvalue weighted by molar-refractivity contribution is 0.765. The van der Waals surface area contributed by atoms with Crippen molar-refractivity contribution in [2.24, 2.45) is 7.05 Å². The van der Waals surface area contributed by atoms with Crippen LogP contribution in [-0.2, 0) is 7.05 Å². The Hall–Kier alpha value is -0.790. The van der Waals surface area contributed by atoms with Crippen molar-refractivity contribution in [1.82, 2.24) is 19.7 Å². The van der Waals surface area contributed by atoms with Crippen molar-refractivity contribution < 1.29 is 0 Å². The fraction of sp³-hybridized carbons (Fsp3) is 0.167. The van der Waals surface area contributed by atoms with Crippen LogP contribution in [0.25, 0.3) is 0 Å². The molecular weight excluding hydrogens is 244 g/mol. The summed E-state index contributed by atoms with van der Waals surface area (Å²) < 4.78 is 2.18. The predicted molar refractivity (Wildman–Crippen MR) is 55.1 cm³/mol. The van der Waals surface area contributed by atoms with Gasteiger partial charge in [-0.3, -0.25) is 4.57 Å². The summed E-state index contributed by atoms with van der Waals surface area (Å²) in [6.45, 7) is 0. The standard InChI is InChI=1S/C6H5ClN4OS2/c1-11-4(12)9-10-5(11)14-6-8-3(7)2-13-6/h2H,1H3,(H,9,12). The van der Waals surface area contributed by atoms with Gasteiger partial charge in [-0.2, -0.15) is 0 Å². The van der Waals surface area contributed by atoms with Gasteiger partial charge in [0.05, 0.1) is 0 Å². The Labute approximate surface area is 92.1 Å². The van der Waals surface area contributed by atoms with Crippen molar-refractivity contribution in [3.05, 3.63) is 21.0 Å². The van der Waals surface area contributed by atoms with Gasteiger partial charge in [-0.05, 0) is 11.8 Å². The topological polar surface area (TPSA) is 63.6 Å². The summed E-state index contributed by atoms with van der Waals surface area (Å²) in [5.74, 6) is 0. The molecule has 0 saturated carbocycles. The Balaban J connectivity index is 2.27. The second-order valence-corrected chi connectivity index (χ2v) is 4.87. The van der Waals surface area contributed by atoms with Crippen molar-refractivity contribution in [2.75, 3.05) is 0 Å². The molecule has 5 nitrogen and oxygen atoms in total. The zero-order valence-electron chi connectivity index (χ0n) is 7.02. The highest BCUT2D eigenvalue weighted by atomic mass is 35.5. The van der Waals surface area contributed by atoms with E-state index >= 15 is 0 Å². The van der Waals surface area contributed by atoms with Crippen LogP contribution in [0.1, 0.15) is 0 Å². The summed E-state index contributed by atoms with van der Waals surface area (Å²) in [6, 6.07) is 0. The number of thiazole rings is 1. The van der Waals surface area contributed by atoms with Crippen LogP contribution in [0.2, 0.25) is 5.15 Å². The molecule has 0 saturated heterocycles. The van der Waals surface area contributed by atoms with Gasteiger partial charge in [-0.1, -0.05) is 11.6 Å². The van der Waals surface area contributed by atoms with E-state index in [2.05, 4.69) is 15.2 Å². The number of aromatic amines is 1. The van der Waals surface area contributed by atoms with E-state index in [1.807, 2.05) is 0 Å². The van der Waals surface area contributed by atoms with Gasteiger partial charge in [-0.15, -0.1) is 16.4 Å². The smallest absolute Gasteiger partial charge is 0.273 e. The van der Waals surface area contributed by atoms with E-state index in [4.69, 9.17) is 11.6 Å². The number of aromatic nitrogens is 4. The molecule has 0 aromatic carbocycles. The van der Waals surface area contributed by atoms with Crippen LogP contribution >= 0.6 is 34.7 Å². The molecule has 1 N–H and O–H groups in total. The van der Waals surface area contributed by atoms with Gasteiger partial charge in [0, 0.05) is 12.4 Å². The molecule has 0 aliphatic heterocycles. The third-order valence-corrected chi connectivity index (χ3v) is 3.78. The van der Waals surface area contributed by atoms with Gasteiger partial charge in [0.1, 0.15) is 5.15 Å². The molecule has 2 rings (SSSR count). The van der Waals surface area contributed by atoms with Crippen LogP contribution in [0.4, 0.5) is 0 Å². The van der Waals surface area contributed by atoms with E-state index in [0.29, 0.717) is 10.3 Å². The molecule has 2 heterocycles. The first kappa shape index (κ1) is 9.75. The highest BCUT2D eigenvalue weighted by Crippen LogP contribution is 2.29. The van der Waals surface area contributed by atoms with Crippen LogP contribution in [0.5, 0.6) is 0 Å². The highest BCUT2D eigenvalue weighted by molar-refractivity contribution is 8.00. The summed E-state index contributed by atoms with van der Waals surface area (Å²) in [7, 11) is 1.64. The summed E-state index contributed by atoms with van der Waals surface area (Å²) in [6.07, 6.45) is 0. The molecule has 14 heavy (non-hydrogen) atoms. The summed E-state index contributed by atoms with van der Waals surface area (Å²) in [4.78, 5) is 15.1. The Bertz CT molecular complexity index is 502. The minimum atomic E-state index is -0.241. The largest absolute Gasteiger partial charge is 0.343 e. The Kier molecular flexibility index (Phi) is 2.62. The normalized spacial score (nSPS) is 10.7. The SMILES string of the molecule is Cn1c(Sc2nc(Cl)cs2)n[nH]c1=O. The minimum absolute atomic E-state index is 0.241. The number of hydrogen-bond donors (Lipinski definition) is 1. The number of halogens is 1.